The molecular formula is C15H14FN3O2. The summed E-state index contributed by atoms with van der Waals surface area (Å²) in [7, 11) is 0. The fourth-order valence-corrected chi connectivity index (χ4v) is 2.29. The Hall–Kier alpha value is -2.63. The summed E-state index contributed by atoms with van der Waals surface area (Å²) < 4.78 is 18.6. The van der Waals surface area contributed by atoms with E-state index in [1.165, 1.54) is 6.07 Å². The molecule has 0 saturated carbocycles. The van der Waals surface area contributed by atoms with Crippen LogP contribution in [0.5, 0.6) is 0 Å². The first kappa shape index (κ1) is 13.4. The molecule has 0 saturated heterocycles. The van der Waals surface area contributed by atoms with E-state index in [2.05, 4.69) is 15.2 Å². The summed E-state index contributed by atoms with van der Waals surface area (Å²) in [6.45, 7) is 2.11. The Morgan fingerprint density at radius 3 is 3.05 bits per heavy atom. The minimum atomic E-state index is -0.308. The van der Waals surface area contributed by atoms with Crippen molar-refractivity contribution in [3.05, 3.63) is 42.0 Å². The molecule has 0 bridgehead atoms. The van der Waals surface area contributed by atoms with E-state index in [-0.39, 0.29) is 18.2 Å². The fourth-order valence-electron chi connectivity index (χ4n) is 2.29. The van der Waals surface area contributed by atoms with Crippen LogP contribution in [0.1, 0.15) is 12.6 Å². The van der Waals surface area contributed by atoms with Gasteiger partial charge in [-0.05, 0) is 31.2 Å². The topological polar surface area (TPSA) is 70.8 Å². The van der Waals surface area contributed by atoms with E-state index in [0.717, 1.165) is 5.56 Å². The SMILES string of the molecule is CCOC(=O)Cc1cc(-c2ccc(F)c3cc[nH]c23)n[nH]1. The molecule has 3 rings (SSSR count). The van der Waals surface area contributed by atoms with Crippen LogP contribution in [0, 0.1) is 5.82 Å². The molecule has 0 unspecified atom stereocenters. The fraction of sp³-hybridized carbons (Fsp3) is 0.200. The van der Waals surface area contributed by atoms with Crippen LogP contribution in [0.15, 0.2) is 30.5 Å². The number of hydrogen-bond acceptors (Lipinski definition) is 3. The Bertz CT molecular complexity index is 791. The van der Waals surface area contributed by atoms with Gasteiger partial charge in [-0.15, -0.1) is 0 Å². The Morgan fingerprint density at radius 2 is 2.24 bits per heavy atom. The maximum Gasteiger partial charge on any atom is 0.311 e. The number of fused-ring (bicyclic) bond motifs is 1. The quantitative estimate of drug-likeness (QED) is 0.725. The standard InChI is InChI=1S/C15H14FN3O2/c1-2-21-14(20)8-9-7-13(19-18-9)11-3-4-12(16)10-5-6-17-15(10)11/h3-7,17H,2,8H2,1H3,(H,18,19). The van der Waals surface area contributed by atoms with E-state index in [1.807, 2.05) is 0 Å². The summed E-state index contributed by atoms with van der Waals surface area (Å²) in [5.74, 6) is -0.589. The number of aromatic nitrogens is 3. The molecule has 6 heteroatoms. The zero-order chi connectivity index (χ0) is 14.8. The third-order valence-corrected chi connectivity index (χ3v) is 3.22. The lowest BCUT2D eigenvalue weighted by molar-refractivity contribution is -0.142. The van der Waals surface area contributed by atoms with Crippen molar-refractivity contribution in [3.8, 4) is 11.3 Å². The third kappa shape index (κ3) is 2.52. The Morgan fingerprint density at radius 1 is 1.38 bits per heavy atom. The lowest BCUT2D eigenvalue weighted by Gasteiger charge is -2.00. The molecule has 2 heterocycles. The highest BCUT2D eigenvalue weighted by Crippen LogP contribution is 2.28. The Kier molecular flexibility index (Phi) is 3.43. The van der Waals surface area contributed by atoms with E-state index >= 15 is 0 Å². The van der Waals surface area contributed by atoms with Crippen molar-refractivity contribution in [1.82, 2.24) is 15.2 Å². The molecule has 108 valence electrons. The normalized spacial score (nSPS) is 11.0. The molecular weight excluding hydrogens is 273 g/mol. The van der Waals surface area contributed by atoms with Crippen LogP contribution in [-0.4, -0.2) is 27.8 Å². The molecule has 0 aliphatic heterocycles. The van der Waals surface area contributed by atoms with Crippen LogP contribution in [0.25, 0.3) is 22.2 Å². The van der Waals surface area contributed by atoms with Crippen LogP contribution >= 0.6 is 0 Å². The van der Waals surface area contributed by atoms with E-state index in [4.69, 9.17) is 4.74 Å². The lowest BCUT2D eigenvalue weighted by Crippen LogP contribution is -2.07. The highest BCUT2D eigenvalue weighted by molar-refractivity contribution is 5.93. The Balaban J connectivity index is 1.93. The maximum atomic E-state index is 13.7. The highest BCUT2D eigenvalue weighted by Gasteiger charge is 2.13. The summed E-state index contributed by atoms with van der Waals surface area (Å²) >= 11 is 0. The number of aromatic amines is 2. The lowest BCUT2D eigenvalue weighted by atomic mass is 10.1. The van der Waals surface area contributed by atoms with Gasteiger partial charge in [-0.25, -0.2) is 4.39 Å². The van der Waals surface area contributed by atoms with Crippen molar-refractivity contribution in [2.75, 3.05) is 6.61 Å². The predicted octanol–water partition coefficient (Wildman–Crippen LogP) is 2.80. The monoisotopic (exact) mass is 287 g/mol. The molecule has 0 atom stereocenters. The second-order valence-corrected chi connectivity index (χ2v) is 4.62. The minimum Gasteiger partial charge on any atom is -0.466 e. The number of carbonyl (C=O) groups excluding carboxylic acids is 1. The summed E-state index contributed by atoms with van der Waals surface area (Å²) in [5, 5.41) is 7.51. The first-order valence-corrected chi connectivity index (χ1v) is 6.65. The largest absolute Gasteiger partial charge is 0.466 e. The number of benzene rings is 1. The van der Waals surface area contributed by atoms with Gasteiger partial charge in [-0.3, -0.25) is 9.89 Å². The summed E-state index contributed by atoms with van der Waals surface area (Å²) in [4.78, 5) is 14.5. The zero-order valence-corrected chi connectivity index (χ0v) is 11.4. The van der Waals surface area contributed by atoms with Crippen molar-refractivity contribution in [1.29, 1.82) is 0 Å². The molecule has 1 aromatic carbocycles. The number of H-pyrrole nitrogens is 2. The molecule has 0 radical (unpaired) electrons. The van der Waals surface area contributed by atoms with Gasteiger partial charge in [0.1, 0.15) is 5.82 Å². The van der Waals surface area contributed by atoms with Crippen LogP contribution in [-0.2, 0) is 16.0 Å². The molecule has 5 nitrogen and oxygen atoms in total. The molecule has 2 aromatic heterocycles. The predicted molar refractivity (Wildman–Crippen MR) is 76.2 cm³/mol. The minimum absolute atomic E-state index is 0.135. The number of ether oxygens (including phenoxy) is 1. The van der Waals surface area contributed by atoms with Gasteiger partial charge in [-0.2, -0.15) is 5.10 Å². The second kappa shape index (κ2) is 5.40. The smallest absolute Gasteiger partial charge is 0.311 e. The van der Waals surface area contributed by atoms with E-state index < -0.39 is 0 Å². The van der Waals surface area contributed by atoms with Gasteiger partial charge in [-0.1, -0.05) is 0 Å². The summed E-state index contributed by atoms with van der Waals surface area (Å²) in [6.07, 6.45) is 1.82. The van der Waals surface area contributed by atoms with Crippen LogP contribution in [0.3, 0.4) is 0 Å². The second-order valence-electron chi connectivity index (χ2n) is 4.62. The number of nitrogens with one attached hydrogen (secondary N) is 2. The molecule has 0 aliphatic carbocycles. The number of nitrogens with zero attached hydrogens (tertiary/aromatic N) is 1. The van der Waals surface area contributed by atoms with E-state index in [1.54, 1.807) is 31.3 Å². The van der Waals surface area contributed by atoms with Crippen LogP contribution < -0.4 is 0 Å². The Labute approximate surface area is 120 Å². The van der Waals surface area contributed by atoms with Crippen LogP contribution in [0.4, 0.5) is 4.39 Å². The van der Waals surface area contributed by atoms with Gasteiger partial charge < -0.3 is 9.72 Å². The van der Waals surface area contributed by atoms with E-state index in [0.29, 0.717) is 28.9 Å². The molecule has 0 amide bonds. The average Bonchev–Trinajstić information content (AvgIpc) is 3.09. The van der Waals surface area contributed by atoms with Gasteiger partial charge in [0.15, 0.2) is 0 Å². The first-order valence-electron chi connectivity index (χ1n) is 6.65. The third-order valence-electron chi connectivity index (χ3n) is 3.22. The molecule has 2 N–H and O–H groups in total. The molecule has 3 aromatic rings. The molecule has 0 fully saturated rings. The van der Waals surface area contributed by atoms with Crippen molar-refractivity contribution in [3.63, 3.8) is 0 Å². The van der Waals surface area contributed by atoms with Crippen molar-refractivity contribution in [2.45, 2.75) is 13.3 Å². The zero-order valence-electron chi connectivity index (χ0n) is 11.4. The number of rotatable bonds is 4. The van der Waals surface area contributed by atoms with Gasteiger partial charge in [0.25, 0.3) is 0 Å². The number of esters is 1. The highest BCUT2D eigenvalue weighted by atomic mass is 19.1. The molecule has 0 aliphatic rings. The number of hydrogen-bond donors (Lipinski definition) is 2. The van der Waals surface area contributed by atoms with Gasteiger partial charge >= 0.3 is 5.97 Å². The number of halogens is 1. The molecule has 21 heavy (non-hydrogen) atoms. The molecule has 0 spiro atoms. The summed E-state index contributed by atoms with van der Waals surface area (Å²) in [6, 6.07) is 6.52. The maximum absolute atomic E-state index is 13.7. The van der Waals surface area contributed by atoms with E-state index in [9.17, 15) is 9.18 Å². The van der Waals surface area contributed by atoms with Crippen molar-refractivity contribution < 1.29 is 13.9 Å². The van der Waals surface area contributed by atoms with Crippen molar-refractivity contribution >= 4 is 16.9 Å². The van der Waals surface area contributed by atoms with Crippen molar-refractivity contribution in [2.24, 2.45) is 0 Å². The van der Waals surface area contributed by atoms with Gasteiger partial charge in [0.2, 0.25) is 0 Å². The number of carbonyl (C=O) groups is 1. The summed E-state index contributed by atoms with van der Waals surface area (Å²) in [5.41, 5.74) is 2.78. The van der Waals surface area contributed by atoms with Gasteiger partial charge in [0.05, 0.1) is 24.2 Å². The van der Waals surface area contributed by atoms with Gasteiger partial charge in [0, 0.05) is 22.8 Å². The average molecular weight is 287 g/mol. The first-order chi connectivity index (χ1) is 10.2. The van der Waals surface area contributed by atoms with Crippen LogP contribution in [0.2, 0.25) is 0 Å².